The zero-order valence-corrected chi connectivity index (χ0v) is 25.3. The summed E-state index contributed by atoms with van der Waals surface area (Å²) in [6.45, 7) is -1.14. The summed E-state index contributed by atoms with van der Waals surface area (Å²) < 4.78 is 111. The lowest BCUT2D eigenvalue weighted by molar-refractivity contribution is -0.275. The molecule has 14 nitrogen and oxygen atoms in total. The molecule has 1 atom stereocenters. The van der Waals surface area contributed by atoms with Gasteiger partial charge in [0.25, 0.3) is 5.56 Å². The lowest BCUT2D eigenvalue weighted by Crippen LogP contribution is -2.60. The average molecular weight is 723 g/mol. The molecule has 2 aromatic heterocycles. The highest BCUT2D eigenvalue weighted by molar-refractivity contribution is 7.89. The minimum absolute atomic E-state index is 0.0646. The molecule has 5 rings (SSSR count). The van der Waals surface area contributed by atoms with E-state index in [1.54, 1.807) is 0 Å². The van der Waals surface area contributed by atoms with Crippen molar-refractivity contribution in [2.75, 3.05) is 24.5 Å². The maximum Gasteiger partial charge on any atom is 0.573 e. The van der Waals surface area contributed by atoms with E-state index in [1.165, 1.54) is 17.0 Å². The number of aromatic carboxylic acids is 1. The normalized spacial score (nSPS) is 16.1. The molecule has 1 saturated heterocycles. The molecule has 0 bridgehead atoms. The van der Waals surface area contributed by atoms with Crippen molar-refractivity contribution in [1.82, 2.24) is 24.8 Å². The number of amides is 1. The van der Waals surface area contributed by atoms with Crippen LogP contribution in [-0.2, 0) is 21.4 Å². The number of anilines is 1. The molecule has 1 amide bonds. The summed E-state index contributed by atoms with van der Waals surface area (Å²) in [6, 6.07) is 6.26. The number of piperazine rings is 1. The van der Waals surface area contributed by atoms with Crippen LogP contribution in [0.1, 0.15) is 16.1 Å². The first kappa shape index (κ1) is 34.4. The van der Waals surface area contributed by atoms with Crippen molar-refractivity contribution in [3.8, 4) is 11.5 Å². The number of carbonyl (C=O) groups excluding carboxylic acids is 1. The van der Waals surface area contributed by atoms with Gasteiger partial charge in [0, 0.05) is 26.2 Å². The molecule has 3 N–H and O–H groups in total. The number of ether oxygens (including phenoxy) is 2. The standard InChI is InChI=1S/C26H20F6N6O8S2/c27-25(28,29)45-14-3-1-13(2-4-14)11-33-21(39)17-12-37(24-34-18-19(23(41)42)35-36-22(40)20(18)47-24)9-10-38(17)48(43,44)16-7-5-15(6-8-16)46-26(30,31)32/h1-8,17H,9-12H2,(H,33,39)(H,36,40)(H,41,42). The first-order valence-electron chi connectivity index (χ1n) is 13.3. The number of carboxylic acid groups (broad SMARTS) is 1. The third-order valence-corrected chi connectivity index (χ3v) is 9.75. The van der Waals surface area contributed by atoms with Crippen molar-refractivity contribution in [3.05, 3.63) is 70.1 Å². The maximum absolute atomic E-state index is 13.7. The van der Waals surface area contributed by atoms with E-state index < -0.39 is 68.3 Å². The van der Waals surface area contributed by atoms with Gasteiger partial charge in [-0.2, -0.15) is 9.40 Å². The Morgan fingerprint density at radius 2 is 1.56 bits per heavy atom. The Balaban J connectivity index is 1.43. The van der Waals surface area contributed by atoms with E-state index in [0.717, 1.165) is 52.0 Å². The summed E-state index contributed by atoms with van der Waals surface area (Å²) in [5.74, 6) is -3.55. The number of carboxylic acids is 1. The Hall–Kier alpha value is -4.96. The number of aromatic amines is 1. The fraction of sp³-hybridized carbons (Fsp3) is 0.269. The van der Waals surface area contributed by atoms with E-state index >= 15 is 0 Å². The number of benzene rings is 2. The molecule has 2 aromatic carbocycles. The summed E-state index contributed by atoms with van der Waals surface area (Å²) in [4.78, 5) is 42.7. The Morgan fingerprint density at radius 1 is 0.979 bits per heavy atom. The predicted octanol–water partition coefficient (Wildman–Crippen LogP) is 3.07. The second kappa shape index (κ2) is 12.9. The van der Waals surface area contributed by atoms with Crippen LogP contribution in [0.15, 0.2) is 58.2 Å². The molecule has 0 aliphatic carbocycles. The van der Waals surface area contributed by atoms with Gasteiger partial charge < -0.3 is 24.8 Å². The van der Waals surface area contributed by atoms with E-state index in [1.807, 2.05) is 0 Å². The van der Waals surface area contributed by atoms with E-state index in [2.05, 4.69) is 30.0 Å². The Bertz CT molecular complexity index is 2000. The third kappa shape index (κ3) is 7.77. The number of H-pyrrole nitrogens is 1. The van der Waals surface area contributed by atoms with Gasteiger partial charge in [0.05, 0.1) is 4.90 Å². The predicted molar refractivity (Wildman–Crippen MR) is 153 cm³/mol. The van der Waals surface area contributed by atoms with Crippen LogP contribution in [0.3, 0.4) is 0 Å². The van der Waals surface area contributed by atoms with Gasteiger partial charge in [0.1, 0.15) is 27.8 Å². The number of hydrogen-bond donors (Lipinski definition) is 3. The molecular weight excluding hydrogens is 702 g/mol. The van der Waals surface area contributed by atoms with Crippen molar-refractivity contribution in [2.45, 2.75) is 30.2 Å². The minimum Gasteiger partial charge on any atom is -0.476 e. The van der Waals surface area contributed by atoms with E-state index in [0.29, 0.717) is 5.56 Å². The molecule has 1 aliphatic rings. The first-order valence-corrected chi connectivity index (χ1v) is 15.5. The van der Waals surface area contributed by atoms with Gasteiger partial charge in [-0.05, 0) is 42.0 Å². The average Bonchev–Trinajstić information content (AvgIpc) is 3.45. The number of carbonyl (C=O) groups is 2. The van der Waals surface area contributed by atoms with Gasteiger partial charge in [-0.15, -0.1) is 26.3 Å². The van der Waals surface area contributed by atoms with Crippen molar-refractivity contribution >= 4 is 48.6 Å². The zero-order valence-electron chi connectivity index (χ0n) is 23.7. The van der Waals surface area contributed by atoms with E-state index in [-0.39, 0.29) is 41.5 Å². The van der Waals surface area contributed by atoms with Gasteiger partial charge in [-0.25, -0.2) is 23.3 Å². The van der Waals surface area contributed by atoms with Gasteiger partial charge in [0.15, 0.2) is 10.8 Å². The summed E-state index contributed by atoms with van der Waals surface area (Å²) in [7, 11) is -4.55. The second-order valence-corrected chi connectivity index (χ2v) is 12.8. The Labute approximate surface area is 268 Å². The SMILES string of the molecule is O=C(O)c1n[nH]c(=O)c2sc(N3CCN(S(=O)(=O)c4ccc(OC(F)(F)F)cc4)C(C(=O)NCc4ccc(OC(F)(F)F)cc4)C3)nc12. The van der Waals surface area contributed by atoms with Crippen molar-refractivity contribution < 1.29 is 58.9 Å². The summed E-state index contributed by atoms with van der Waals surface area (Å²) in [5, 5.41) is 17.6. The van der Waals surface area contributed by atoms with Crippen LogP contribution in [0, 0.1) is 0 Å². The lowest BCUT2D eigenvalue weighted by atomic mass is 10.1. The number of hydrogen-bond acceptors (Lipinski definition) is 11. The molecule has 48 heavy (non-hydrogen) atoms. The molecule has 1 fully saturated rings. The van der Waals surface area contributed by atoms with Crippen molar-refractivity contribution in [3.63, 3.8) is 0 Å². The number of sulfonamides is 1. The maximum atomic E-state index is 13.7. The quantitative estimate of drug-likeness (QED) is 0.216. The molecule has 0 saturated carbocycles. The number of rotatable bonds is 9. The number of alkyl halides is 6. The molecule has 4 aromatic rings. The van der Waals surface area contributed by atoms with Crippen molar-refractivity contribution in [1.29, 1.82) is 0 Å². The second-order valence-electron chi connectivity index (χ2n) is 9.89. The Morgan fingerprint density at radius 3 is 2.12 bits per heavy atom. The number of thiazole rings is 1. The monoisotopic (exact) mass is 722 g/mol. The van der Waals surface area contributed by atoms with Gasteiger partial charge >= 0.3 is 18.7 Å². The molecule has 1 aliphatic heterocycles. The molecule has 1 unspecified atom stereocenters. The van der Waals surface area contributed by atoms with Crippen LogP contribution < -0.4 is 25.2 Å². The van der Waals surface area contributed by atoms with Crippen LogP contribution in [0.2, 0.25) is 0 Å². The van der Waals surface area contributed by atoms with E-state index in [9.17, 15) is 54.3 Å². The number of aromatic nitrogens is 3. The first-order chi connectivity index (χ1) is 22.4. The topological polar surface area (TPSA) is 184 Å². The smallest absolute Gasteiger partial charge is 0.476 e. The largest absolute Gasteiger partial charge is 0.573 e. The number of nitrogens with zero attached hydrogens (tertiary/aromatic N) is 4. The number of nitrogens with one attached hydrogen (secondary N) is 2. The van der Waals surface area contributed by atoms with Crippen LogP contribution in [0.5, 0.6) is 11.5 Å². The molecule has 22 heteroatoms. The van der Waals surface area contributed by atoms with Gasteiger partial charge in [0.2, 0.25) is 15.9 Å². The van der Waals surface area contributed by atoms with Gasteiger partial charge in [-0.3, -0.25) is 9.59 Å². The zero-order chi connectivity index (χ0) is 35.0. The van der Waals surface area contributed by atoms with Gasteiger partial charge in [-0.1, -0.05) is 23.5 Å². The van der Waals surface area contributed by atoms with Crippen LogP contribution >= 0.6 is 11.3 Å². The van der Waals surface area contributed by atoms with Crippen LogP contribution in [0.4, 0.5) is 31.5 Å². The summed E-state index contributed by atoms with van der Waals surface area (Å²) >= 11 is 0.773. The van der Waals surface area contributed by atoms with Crippen LogP contribution in [-0.4, -0.2) is 83.3 Å². The fourth-order valence-corrected chi connectivity index (χ4v) is 7.19. The number of fused-ring (bicyclic) bond motifs is 1. The molecule has 0 spiro atoms. The lowest BCUT2D eigenvalue weighted by Gasteiger charge is -2.39. The van der Waals surface area contributed by atoms with E-state index in [4.69, 9.17) is 0 Å². The minimum atomic E-state index is -5.03. The molecular formula is C26H20F6N6O8S2. The highest BCUT2D eigenvalue weighted by Crippen LogP contribution is 2.32. The molecule has 256 valence electrons. The number of halogens is 6. The van der Waals surface area contributed by atoms with Crippen LogP contribution in [0.25, 0.3) is 10.2 Å². The Kier molecular flexibility index (Phi) is 9.25. The fourth-order valence-electron chi connectivity index (χ4n) is 4.62. The third-order valence-electron chi connectivity index (χ3n) is 6.71. The summed E-state index contributed by atoms with van der Waals surface area (Å²) in [6.07, 6.45) is -9.95. The van der Waals surface area contributed by atoms with Crippen molar-refractivity contribution in [2.24, 2.45) is 0 Å². The highest BCUT2D eigenvalue weighted by Gasteiger charge is 2.41. The summed E-state index contributed by atoms with van der Waals surface area (Å²) in [5.41, 5.74) is -1.20. The molecule has 3 heterocycles. The highest BCUT2D eigenvalue weighted by atomic mass is 32.2. The molecule has 0 radical (unpaired) electrons.